The average Bonchev–Trinajstić information content (AvgIpc) is 2.38. The Balaban J connectivity index is 2.39. The molecule has 0 bridgehead atoms. The lowest BCUT2D eigenvalue weighted by Gasteiger charge is -2.40. The van der Waals surface area contributed by atoms with Gasteiger partial charge in [0.1, 0.15) is 0 Å². The van der Waals surface area contributed by atoms with Gasteiger partial charge in [-0.15, -0.1) is 0 Å². The minimum absolute atomic E-state index is 0.381. The molecule has 1 heterocycles. The molecule has 1 aliphatic rings. The number of halogens is 1. The van der Waals surface area contributed by atoms with E-state index in [1.54, 1.807) is 6.07 Å². The van der Waals surface area contributed by atoms with Crippen molar-refractivity contribution in [2.45, 2.75) is 39.2 Å². The fourth-order valence-corrected chi connectivity index (χ4v) is 3.34. The third-order valence-electron chi connectivity index (χ3n) is 4.07. The number of anilines is 1. The Bertz CT molecular complexity index is 475. The smallest absolute Gasteiger partial charge is 0.338 e. The monoisotopic (exact) mass is 325 g/mol. The predicted molar refractivity (Wildman–Crippen MR) is 80.9 cm³/mol. The van der Waals surface area contributed by atoms with Gasteiger partial charge in [-0.3, -0.25) is 0 Å². The van der Waals surface area contributed by atoms with E-state index in [1.807, 2.05) is 12.1 Å². The van der Waals surface area contributed by atoms with Crippen LogP contribution in [0.4, 0.5) is 5.69 Å². The number of carboxylic acids is 1. The second-order valence-electron chi connectivity index (χ2n) is 5.29. The molecular formula is C15H20BrNO2. The van der Waals surface area contributed by atoms with E-state index in [-0.39, 0.29) is 0 Å². The highest BCUT2D eigenvalue weighted by atomic mass is 79.9. The van der Waals surface area contributed by atoms with Crippen LogP contribution in [0.1, 0.15) is 43.5 Å². The number of rotatable bonds is 3. The molecule has 0 aromatic heterocycles. The number of benzene rings is 1. The van der Waals surface area contributed by atoms with Crippen LogP contribution in [-0.4, -0.2) is 23.7 Å². The molecule has 0 aliphatic carbocycles. The molecule has 0 saturated carbocycles. The number of piperidine rings is 1. The predicted octanol–water partition coefficient (Wildman–Crippen LogP) is 4.16. The molecule has 104 valence electrons. The molecule has 19 heavy (non-hydrogen) atoms. The van der Waals surface area contributed by atoms with Crippen molar-refractivity contribution in [2.75, 3.05) is 11.4 Å². The van der Waals surface area contributed by atoms with E-state index in [9.17, 15) is 9.90 Å². The highest BCUT2D eigenvalue weighted by molar-refractivity contribution is 9.10. The maximum absolute atomic E-state index is 11.5. The summed E-state index contributed by atoms with van der Waals surface area (Å²) in [5.74, 6) is -0.204. The molecular weight excluding hydrogens is 306 g/mol. The van der Waals surface area contributed by atoms with Gasteiger partial charge in [0, 0.05) is 17.1 Å². The van der Waals surface area contributed by atoms with Crippen LogP contribution in [0.15, 0.2) is 22.7 Å². The van der Waals surface area contributed by atoms with Crippen molar-refractivity contribution >= 4 is 27.6 Å². The maximum Gasteiger partial charge on any atom is 0.338 e. The van der Waals surface area contributed by atoms with Gasteiger partial charge in [-0.1, -0.05) is 19.4 Å². The molecule has 0 amide bonds. The normalized spacial score (nSPS) is 23.4. The quantitative estimate of drug-likeness (QED) is 0.907. The molecule has 1 fully saturated rings. The van der Waals surface area contributed by atoms with E-state index in [0.717, 1.165) is 25.1 Å². The third-order valence-corrected chi connectivity index (χ3v) is 4.73. The summed E-state index contributed by atoms with van der Waals surface area (Å²) >= 11 is 3.36. The highest BCUT2D eigenvalue weighted by Crippen LogP contribution is 2.34. The molecule has 0 spiro atoms. The standard InChI is InChI=1S/C15H20BrNO2/c1-3-11-8-7-10(2)17(9-11)13-6-4-5-12(16)14(13)15(18)19/h4-6,10-11H,3,7-9H2,1-2H3,(H,18,19). The van der Waals surface area contributed by atoms with Crippen LogP contribution in [0.2, 0.25) is 0 Å². The minimum atomic E-state index is -0.867. The van der Waals surface area contributed by atoms with Gasteiger partial charge in [0.05, 0.1) is 11.3 Å². The van der Waals surface area contributed by atoms with Crippen LogP contribution in [0.5, 0.6) is 0 Å². The van der Waals surface area contributed by atoms with Crippen molar-refractivity contribution in [1.29, 1.82) is 0 Å². The zero-order valence-corrected chi connectivity index (χ0v) is 13.0. The number of nitrogens with zero attached hydrogens (tertiary/aromatic N) is 1. The first kappa shape index (κ1) is 14.4. The summed E-state index contributed by atoms with van der Waals surface area (Å²) in [4.78, 5) is 13.7. The number of hydrogen-bond acceptors (Lipinski definition) is 2. The number of hydrogen-bond donors (Lipinski definition) is 1. The Morgan fingerprint density at radius 1 is 1.47 bits per heavy atom. The van der Waals surface area contributed by atoms with Crippen LogP contribution in [0.25, 0.3) is 0 Å². The van der Waals surface area contributed by atoms with Crippen molar-refractivity contribution in [2.24, 2.45) is 5.92 Å². The van der Waals surface area contributed by atoms with E-state index >= 15 is 0 Å². The van der Waals surface area contributed by atoms with E-state index in [2.05, 4.69) is 34.7 Å². The first-order valence-corrected chi connectivity index (χ1v) is 7.62. The Morgan fingerprint density at radius 3 is 2.84 bits per heavy atom. The van der Waals surface area contributed by atoms with Crippen molar-refractivity contribution in [3.63, 3.8) is 0 Å². The average molecular weight is 326 g/mol. The van der Waals surface area contributed by atoms with Gasteiger partial charge in [-0.2, -0.15) is 0 Å². The van der Waals surface area contributed by atoms with Crippen LogP contribution in [0, 0.1) is 5.92 Å². The van der Waals surface area contributed by atoms with Crippen molar-refractivity contribution in [3.05, 3.63) is 28.2 Å². The Labute approximate surface area is 122 Å². The first-order chi connectivity index (χ1) is 9.04. The summed E-state index contributed by atoms with van der Waals surface area (Å²) < 4.78 is 0.656. The summed E-state index contributed by atoms with van der Waals surface area (Å²) in [6.45, 7) is 5.34. The lowest BCUT2D eigenvalue weighted by atomic mass is 9.90. The number of carboxylic acid groups (broad SMARTS) is 1. The molecule has 2 atom stereocenters. The molecule has 1 aliphatic heterocycles. The molecule has 1 saturated heterocycles. The topological polar surface area (TPSA) is 40.5 Å². The van der Waals surface area contributed by atoms with E-state index in [1.165, 1.54) is 6.42 Å². The highest BCUT2D eigenvalue weighted by Gasteiger charge is 2.28. The van der Waals surface area contributed by atoms with E-state index < -0.39 is 5.97 Å². The SMILES string of the molecule is CCC1CCC(C)N(c2cccc(Br)c2C(=O)O)C1. The van der Waals surface area contributed by atoms with Crippen molar-refractivity contribution in [1.82, 2.24) is 0 Å². The zero-order chi connectivity index (χ0) is 14.0. The summed E-state index contributed by atoms with van der Waals surface area (Å²) in [6.07, 6.45) is 3.52. The second-order valence-corrected chi connectivity index (χ2v) is 6.15. The fourth-order valence-electron chi connectivity index (χ4n) is 2.81. The molecule has 2 unspecified atom stereocenters. The molecule has 1 aromatic carbocycles. The lowest BCUT2D eigenvalue weighted by Crippen LogP contribution is -2.42. The molecule has 2 rings (SSSR count). The van der Waals surface area contributed by atoms with Crippen LogP contribution in [0.3, 0.4) is 0 Å². The fraction of sp³-hybridized carbons (Fsp3) is 0.533. The minimum Gasteiger partial charge on any atom is -0.478 e. The van der Waals surface area contributed by atoms with Crippen LogP contribution < -0.4 is 4.90 Å². The Morgan fingerprint density at radius 2 is 2.21 bits per heavy atom. The second kappa shape index (κ2) is 5.95. The van der Waals surface area contributed by atoms with Gasteiger partial charge >= 0.3 is 5.97 Å². The molecule has 0 radical (unpaired) electrons. The van der Waals surface area contributed by atoms with Gasteiger partial charge in [-0.25, -0.2) is 4.79 Å². The third kappa shape index (κ3) is 2.94. The Hall–Kier alpha value is -1.03. The largest absolute Gasteiger partial charge is 0.478 e. The summed E-state index contributed by atoms with van der Waals surface area (Å²) in [6, 6.07) is 6.02. The molecule has 1 aromatic rings. The van der Waals surface area contributed by atoms with Gasteiger partial charge in [0.2, 0.25) is 0 Å². The summed E-state index contributed by atoms with van der Waals surface area (Å²) in [5, 5.41) is 9.43. The zero-order valence-electron chi connectivity index (χ0n) is 11.4. The maximum atomic E-state index is 11.5. The van der Waals surface area contributed by atoms with Gasteiger partial charge in [0.25, 0.3) is 0 Å². The van der Waals surface area contributed by atoms with E-state index in [0.29, 0.717) is 22.0 Å². The number of carbonyl (C=O) groups is 1. The number of aromatic carboxylic acids is 1. The van der Waals surface area contributed by atoms with Gasteiger partial charge in [0.15, 0.2) is 0 Å². The lowest BCUT2D eigenvalue weighted by molar-refractivity contribution is 0.0696. The van der Waals surface area contributed by atoms with Gasteiger partial charge in [-0.05, 0) is 53.7 Å². The van der Waals surface area contributed by atoms with Crippen molar-refractivity contribution < 1.29 is 9.90 Å². The van der Waals surface area contributed by atoms with Crippen LogP contribution in [-0.2, 0) is 0 Å². The van der Waals surface area contributed by atoms with Crippen LogP contribution >= 0.6 is 15.9 Å². The van der Waals surface area contributed by atoms with E-state index in [4.69, 9.17) is 0 Å². The summed E-state index contributed by atoms with van der Waals surface area (Å²) in [7, 11) is 0. The van der Waals surface area contributed by atoms with Gasteiger partial charge < -0.3 is 10.0 Å². The van der Waals surface area contributed by atoms with Crippen molar-refractivity contribution in [3.8, 4) is 0 Å². The molecule has 1 N–H and O–H groups in total. The summed E-state index contributed by atoms with van der Waals surface area (Å²) in [5.41, 5.74) is 1.22. The molecule has 4 heteroatoms. The molecule has 3 nitrogen and oxygen atoms in total. The first-order valence-electron chi connectivity index (χ1n) is 6.83. The Kier molecular flexibility index (Phi) is 4.50.